The summed E-state index contributed by atoms with van der Waals surface area (Å²) in [4.78, 5) is 14.3. The lowest BCUT2D eigenvalue weighted by Crippen LogP contribution is -2.21. The fraction of sp³-hybridized carbons (Fsp3) is 0.417. The second-order valence-electron chi connectivity index (χ2n) is 9.95. The van der Waals surface area contributed by atoms with Crippen molar-refractivity contribution in [2.75, 3.05) is 0 Å². The number of carbonyl (C=O) groups excluding carboxylic acids is 1. The van der Waals surface area contributed by atoms with E-state index in [0.29, 0.717) is 0 Å². The molecule has 0 spiro atoms. The number of aliphatic carboxylic acids is 1. The molecule has 210 valence electrons. The van der Waals surface area contributed by atoms with Gasteiger partial charge in [0.1, 0.15) is 0 Å². The minimum absolute atomic E-state index is 0.0146. The summed E-state index contributed by atoms with van der Waals surface area (Å²) in [5, 5.41) is 10.2. The van der Waals surface area contributed by atoms with Crippen LogP contribution in [0.1, 0.15) is 96.8 Å². The predicted octanol–water partition coefficient (Wildman–Crippen LogP) is 9.56. The van der Waals surface area contributed by atoms with E-state index in [1.54, 1.807) is 0 Å². The van der Waals surface area contributed by atoms with Crippen LogP contribution in [0.2, 0.25) is 0 Å². The van der Waals surface area contributed by atoms with Crippen molar-refractivity contribution < 1.29 is 9.90 Å². The Morgan fingerprint density at radius 1 is 0.564 bits per heavy atom. The zero-order valence-corrected chi connectivity index (χ0v) is 24.8. The van der Waals surface area contributed by atoms with Crippen molar-refractivity contribution in [3.8, 4) is 0 Å². The van der Waals surface area contributed by atoms with Crippen molar-refractivity contribution in [2.24, 2.45) is 0 Å². The topological polar surface area (TPSA) is 40.1 Å². The smallest absolute Gasteiger partial charge is 0.166 e. The van der Waals surface area contributed by atoms with Crippen LogP contribution in [0.25, 0.3) is 0 Å². The van der Waals surface area contributed by atoms with Crippen molar-refractivity contribution in [1.82, 2.24) is 0 Å². The van der Waals surface area contributed by atoms with Gasteiger partial charge in [-0.3, -0.25) is 0 Å². The SMILES string of the molecule is CCCCCCCCC=CCCCCCCCC(=O)[O-].c1ccc([S+](c2ccccc2)c2ccccc2)cc1. The number of carbonyl (C=O) groups is 1. The van der Waals surface area contributed by atoms with Crippen molar-refractivity contribution in [3.05, 3.63) is 103 Å². The third kappa shape index (κ3) is 15.4. The quantitative estimate of drug-likeness (QED) is 0.0908. The van der Waals surface area contributed by atoms with E-state index in [9.17, 15) is 9.90 Å². The lowest BCUT2D eigenvalue weighted by molar-refractivity contribution is -0.305. The summed E-state index contributed by atoms with van der Waals surface area (Å²) in [6, 6.07) is 32.2. The minimum Gasteiger partial charge on any atom is -0.550 e. The Morgan fingerprint density at radius 3 is 1.31 bits per heavy atom. The molecule has 0 aromatic heterocycles. The molecule has 39 heavy (non-hydrogen) atoms. The average molecular weight is 545 g/mol. The van der Waals surface area contributed by atoms with Gasteiger partial charge in [0.15, 0.2) is 14.7 Å². The highest BCUT2D eigenvalue weighted by Crippen LogP contribution is 2.30. The minimum atomic E-state index is -0.914. The van der Waals surface area contributed by atoms with Crippen LogP contribution in [0.4, 0.5) is 0 Å². The fourth-order valence-electron chi connectivity index (χ4n) is 4.42. The monoisotopic (exact) mass is 544 g/mol. The second-order valence-corrected chi connectivity index (χ2v) is 12.0. The van der Waals surface area contributed by atoms with E-state index in [-0.39, 0.29) is 17.3 Å². The van der Waals surface area contributed by atoms with Crippen LogP contribution in [0.5, 0.6) is 0 Å². The van der Waals surface area contributed by atoms with Gasteiger partial charge in [-0.25, -0.2) is 0 Å². The van der Waals surface area contributed by atoms with Crippen molar-refractivity contribution in [2.45, 2.75) is 112 Å². The standard InChI is InChI=1S/C18H34O2.C18H15S/c1-2-3-4-5-6-7-8-9-10-11-12-13-14-15-16-17-18(19)20;1-4-10-16(11-5-1)19(17-12-6-2-7-13-17)18-14-8-3-9-15-18/h9-10H,2-8,11-17H2,1H3,(H,19,20);1-15H/q;+1/p-1. The van der Waals surface area contributed by atoms with Crippen LogP contribution in [0.3, 0.4) is 0 Å². The molecule has 3 rings (SSSR count). The maximum Gasteiger partial charge on any atom is 0.166 e. The molecule has 0 radical (unpaired) electrons. The molecule has 0 aliphatic heterocycles. The normalized spacial score (nSPS) is 10.9. The zero-order chi connectivity index (χ0) is 27.8. The van der Waals surface area contributed by atoms with E-state index in [4.69, 9.17) is 0 Å². The van der Waals surface area contributed by atoms with Crippen molar-refractivity contribution >= 4 is 16.9 Å². The highest BCUT2D eigenvalue weighted by atomic mass is 32.2. The van der Waals surface area contributed by atoms with E-state index in [1.807, 2.05) is 0 Å². The third-order valence-electron chi connectivity index (χ3n) is 6.58. The Kier molecular flexibility index (Phi) is 18.4. The molecule has 0 heterocycles. The Morgan fingerprint density at radius 2 is 0.923 bits per heavy atom. The molecule has 0 atom stereocenters. The van der Waals surface area contributed by atoms with Crippen LogP contribution < -0.4 is 5.11 Å². The van der Waals surface area contributed by atoms with Gasteiger partial charge in [-0.05, 0) is 74.9 Å². The molecule has 0 aliphatic rings. The molecule has 2 nitrogen and oxygen atoms in total. The lowest BCUT2D eigenvalue weighted by atomic mass is 10.1. The molecule has 0 amide bonds. The molecule has 0 unspecified atom stereocenters. The number of carboxylic acid groups (broad SMARTS) is 1. The summed E-state index contributed by atoms with van der Waals surface area (Å²) >= 11 is 0. The molecular formula is C36H48O2S. The lowest BCUT2D eigenvalue weighted by Gasteiger charge is -2.07. The summed E-state index contributed by atoms with van der Waals surface area (Å²) in [7, 11) is -0.0146. The van der Waals surface area contributed by atoms with Gasteiger partial charge in [0.05, 0.1) is 10.9 Å². The summed E-state index contributed by atoms with van der Waals surface area (Å²) < 4.78 is 0. The highest BCUT2D eigenvalue weighted by molar-refractivity contribution is 7.97. The van der Waals surface area contributed by atoms with Gasteiger partial charge in [-0.2, -0.15) is 0 Å². The van der Waals surface area contributed by atoms with Crippen LogP contribution in [-0.2, 0) is 15.7 Å². The molecule has 0 N–H and O–H groups in total. The van der Waals surface area contributed by atoms with Gasteiger partial charge < -0.3 is 9.90 Å². The molecule has 0 saturated heterocycles. The number of carboxylic acids is 1. The van der Waals surface area contributed by atoms with E-state index < -0.39 is 5.97 Å². The molecule has 3 aromatic rings. The van der Waals surface area contributed by atoms with Crippen molar-refractivity contribution in [1.29, 1.82) is 0 Å². The van der Waals surface area contributed by atoms with Gasteiger partial charge in [0.2, 0.25) is 0 Å². The van der Waals surface area contributed by atoms with Gasteiger partial charge >= 0.3 is 0 Å². The van der Waals surface area contributed by atoms with Crippen molar-refractivity contribution in [3.63, 3.8) is 0 Å². The van der Waals surface area contributed by atoms with Crippen LogP contribution >= 0.6 is 0 Å². The summed E-state index contributed by atoms with van der Waals surface area (Å²) in [6.07, 6.45) is 20.9. The summed E-state index contributed by atoms with van der Waals surface area (Å²) in [6.45, 7) is 2.26. The maximum absolute atomic E-state index is 10.2. The number of rotatable bonds is 18. The molecule has 0 fully saturated rings. The van der Waals surface area contributed by atoms with Crippen LogP contribution in [0, 0.1) is 0 Å². The zero-order valence-electron chi connectivity index (χ0n) is 23.9. The molecule has 3 aromatic carbocycles. The molecule has 3 heteroatoms. The first-order valence-corrected chi connectivity index (χ1v) is 16.2. The summed E-state index contributed by atoms with van der Waals surface area (Å²) in [5.41, 5.74) is 0. The van der Waals surface area contributed by atoms with E-state index >= 15 is 0 Å². The number of benzene rings is 3. The van der Waals surface area contributed by atoms with E-state index in [0.717, 1.165) is 19.3 Å². The Bertz CT molecular complexity index is 908. The van der Waals surface area contributed by atoms with E-state index in [1.165, 1.54) is 78.9 Å². The molecule has 0 bridgehead atoms. The molecule has 0 saturated carbocycles. The van der Waals surface area contributed by atoms with Gasteiger partial charge in [-0.15, -0.1) is 0 Å². The number of hydrogen-bond acceptors (Lipinski definition) is 2. The largest absolute Gasteiger partial charge is 0.550 e. The predicted molar refractivity (Wildman–Crippen MR) is 166 cm³/mol. The first kappa shape index (κ1) is 32.4. The highest BCUT2D eigenvalue weighted by Gasteiger charge is 2.27. The Hall–Kier alpha value is -2.78. The fourth-order valence-corrected chi connectivity index (χ4v) is 6.52. The Labute approximate surface area is 240 Å². The second kappa shape index (κ2) is 22.1. The van der Waals surface area contributed by atoms with Crippen LogP contribution in [-0.4, -0.2) is 5.97 Å². The molecule has 0 aliphatic carbocycles. The maximum atomic E-state index is 10.2. The van der Waals surface area contributed by atoms with Gasteiger partial charge in [-0.1, -0.05) is 125 Å². The van der Waals surface area contributed by atoms with Gasteiger partial charge in [0.25, 0.3) is 0 Å². The first-order chi connectivity index (χ1) is 19.2. The molecular weight excluding hydrogens is 496 g/mol. The third-order valence-corrected chi connectivity index (χ3v) is 8.81. The van der Waals surface area contributed by atoms with Gasteiger partial charge in [0, 0.05) is 5.97 Å². The summed E-state index contributed by atoms with van der Waals surface area (Å²) in [5.74, 6) is -0.914. The van der Waals surface area contributed by atoms with Crippen LogP contribution in [0.15, 0.2) is 118 Å². The first-order valence-electron chi connectivity index (χ1n) is 15.0. The number of hydrogen-bond donors (Lipinski definition) is 0. The average Bonchev–Trinajstić information content (AvgIpc) is 2.97. The number of allylic oxidation sites excluding steroid dienone is 2. The Balaban J connectivity index is 0.000000273. The van der Waals surface area contributed by atoms with E-state index in [2.05, 4.69) is 110 Å². The number of unbranched alkanes of at least 4 members (excludes halogenated alkanes) is 11.